The van der Waals surface area contributed by atoms with Crippen molar-refractivity contribution in [3.8, 4) is 0 Å². The van der Waals surface area contributed by atoms with Crippen LogP contribution in [0.15, 0.2) is 0 Å². The molecule has 0 aliphatic carbocycles. The lowest BCUT2D eigenvalue weighted by atomic mass is 9.58. The molecule has 0 aliphatic heterocycles. The van der Waals surface area contributed by atoms with Crippen molar-refractivity contribution in [1.82, 2.24) is 0 Å². The smallest absolute Gasteiger partial charge is 0.198 e. The van der Waals surface area contributed by atoms with Gasteiger partial charge in [0.05, 0.1) is 5.39 Å². The number of fused-ring (bicyclic) bond motifs is 1. The van der Waals surface area contributed by atoms with E-state index in [1.54, 1.807) is 6.92 Å². The van der Waals surface area contributed by atoms with E-state index in [-0.39, 0.29) is 12.8 Å². The summed E-state index contributed by atoms with van der Waals surface area (Å²) in [4.78, 5) is 0. The molecule has 0 radical (unpaired) electrons. The average molecular weight is 364 g/mol. The fraction of sp³-hybridized carbons (Fsp3) is 0.412. The van der Waals surface area contributed by atoms with Gasteiger partial charge in [0, 0.05) is 10.9 Å². The summed E-state index contributed by atoms with van der Waals surface area (Å²) in [7, 11) is 1.47. The van der Waals surface area contributed by atoms with Gasteiger partial charge < -0.3 is 0 Å². The first kappa shape index (κ1) is 19.6. The van der Waals surface area contributed by atoms with Crippen molar-refractivity contribution in [2.45, 2.75) is 44.8 Å². The highest BCUT2D eigenvalue weighted by Gasteiger charge is 2.37. The monoisotopic (exact) mass is 364 g/mol. The minimum atomic E-state index is -2.27. The molecule has 0 saturated carbocycles. The fourth-order valence-electron chi connectivity index (χ4n) is 3.11. The zero-order valence-corrected chi connectivity index (χ0v) is 14.0. The molecule has 0 N–H and O–H groups in total. The van der Waals surface area contributed by atoms with Crippen LogP contribution in [0.2, 0.25) is 0 Å². The SMILES string of the molecule is BC(CC)(CCCC)c1c(F)c(F)c(F)c2c(F)c(F)c(F)c(F)c12. The van der Waals surface area contributed by atoms with Gasteiger partial charge >= 0.3 is 0 Å². The van der Waals surface area contributed by atoms with Crippen molar-refractivity contribution < 1.29 is 30.7 Å². The van der Waals surface area contributed by atoms with Crippen molar-refractivity contribution in [1.29, 1.82) is 0 Å². The first-order valence-corrected chi connectivity index (χ1v) is 7.94. The van der Waals surface area contributed by atoms with E-state index in [0.717, 1.165) is 0 Å². The third-order valence-corrected chi connectivity index (χ3v) is 4.81. The zero-order valence-electron chi connectivity index (χ0n) is 14.0. The largest absolute Gasteiger partial charge is 0.203 e. The summed E-state index contributed by atoms with van der Waals surface area (Å²) in [6, 6.07) is 0. The highest BCUT2D eigenvalue weighted by molar-refractivity contribution is 6.17. The number of unbranched alkanes of at least 4 members (excludes halogenated alkanes) is 1. The Morgan fingerprint density at radius 1 is 0.680 bits per heavy atom. The van der Waals surface area contributed by atoms with E-state index in [1.807, 2.05) is 6.92 Å². The van der Waals surface area contributed by atoms with Crippen LogP contribution in [-0.2, 0) is 5.31 Å². The van der Waals surface area contributed by atoms with Gasteiger partial charge in [0.2, 0.25) is 0 Å². The van der Waals surface area contributed by atoms with Crippen molar-refractivity contribution in [2.24, 2.45) is 0 Å². The molecule has 8 heteroatoms. The fourth-order valence-corrected chi connectivity index (χ4v) is 3.11. The Hall–Kier alpha value is -1.73. The maximum Gasteiger partial charge on any atom is 0.198 e. The third-order valence-electron chi connectivity index (χ3n) is 4.81. The van der Waals surface area contributed by atoms with Crippen LogP contribution in [0, 0.1) is 40.7 Å². The maximum absolute atomic E-state index is 14.5. The Kier molecular flexibility index (Phi) is 5.39. The first-order chi connectivity index (χ1) is 11.6. The van der Waals surface area contributed by atoms with Gasteiger partial charge in [-0.25, -0.2) is 30.7 Å². The molecule has 2 rings (SSSR count). The van der Waals surface area contributed by atoms with Crippen LogP contribution in [0.1, 0.15) is 45.1 Å². The van der Waals surface area contributed by atoms with Crippen LogP contribution in [0.4, 0.5) is 30.7 Å². The number of rotatable bonds is 5. The molecule has 0 fully saturated rings. The van der Waals surface area contributed by atoms with Crippen LogP contribution in [0.3, 0.4) is 0 Å². The van der Waals surface area contributed by atoms with Gasteiger partial charge in [-0.05, 0) is 5.31 Å². The molecule has 0 aromatic heterocycles. The zero-order chi connectivity index (χ0) is 19.1. The summed E-state index contributed by atoms with van der Waals surface area (Å²) in [5.74, 6) is -14.3. The molecular formula is C17H16BF7. The van der Waals surface area contributed by atoms with E-state index < -0.39 is 62.4 Å². The van der Waals surface area contributed by atoms with Gasteiger partial charge in [0.25, 0.3) is 0 Å². The summed E-state index contributed by atoms with van der Waals surface area (Å²) < 4.78 is 98.1. The molecule has 1 unspecified atom stereocenters. The Morgan fingerprint density at radius 2 is 1.12 bits per heavy atom. The quantitative estimate of drug-likeness (QED) is 0.295. The summed E-state index contributed by atoms with van der Waals surface area (Å²) >= 11 is 0. The summed E-state index contributed by atoms with van der Waals surface area (Å²) in [6.45, 7) is 3.45. The molecule has 0 amide bonds. The van der Waals surface area contributed by atoms with E-state index in [9.17, 15) is 30.7 Å². The average Bonchev–Trinajstić information content (AvgIpc) is 2.60. The molecule has 0 bridgehead atoms. The van der Waals surface area contributed by atoms with Gasteiger partial charge in [-0.2, -0.15) is 0 Å². The van der Waals surface area contributed by atoms with Crippen molar-refractivity contribution in [2.75, 3.05) is 0 Å². The lowest BCUT2D eigenvalue weighted by molar-refractivity contribution is 0.400. The summed E-state index contributed by atoms with van der Waals surface area (Å²) in [5.41, 5.74) is -0.673. The predicted molar refractivity (Wildman–Crippen MR) is 83.7 cm³/mol. The van der Waals surface area contributed by atoms with E-state index in [4.69, 9.17) is 0 Å². The van der Waals surface area contributed by atoms with Crippen LogP contribution in [-0.4, -0.2) is 7.85 Å². The topological polar surface area (TPSA) is 0 Å². The van der Waals surface area contributed by atoms with Gasteiger partial charge in [-0.3, -0.25) is 0 Å². The highest BCUT2D eigenvalue weighted by atomic mass is 19.2. The van der Waals surface area contributed by atoms with Gasteiger partial charge in [-0.1, -0.05) is 39.5 Å². The molecule has 0 nitrogen and oxygen atoms in total. The van der Waals surface area contributed by atoms with E-state index in [1.165, 1.54) is 7.85 Å². The lowest BCUT2D eigenvalue weighted by Gasteiger charge is -2.31. The Balaban J connectivity index is 3.08. The molecule has 0 aliphatic rings. The predicted octanol–water partition coefficient (Wildman–Crippen LogP) is 5.24. The van der Waals surface area contributed by atoms with Crippen LogP contribution in [0.5, 0.6) is 0 Å². The number of hydrogen-bond donors (Lipinski definition) is 0. The second-order valence-corrected chi connectivity index (χ2v) is 6.34. The second-order valence-electron chi connectivity index (χ2n) is 6.34. The van der Waals surface area contributed by atoms with Gasteiger partial charge in [-0.15, -0.1) is 0 Å². The normalized spacial score (nSPS) is 14.1. The molecule has 136 valence electrons. The van der Waals surface area contributed by atoms with Crippen LogP contribution >= 0.6 is 0 Å². The van der Waals surface area contributed by atoms with E-state index >= 15 is 0 Å². The van der Waals surface area contributed by atoms with Gasteiger partial charge in [0.15, 0.2) is 40.7 Å². The molecule has 25 heavy (non-hydrogen) atoms. The van der Waals surface area contributed by atoms with Gasteiger partial charge in [0.1, 0.15) is 7.85 Å². The van der Waals surface area contributed by atoms with Crippen molar-refractivity contribution in [3.63, 3.8) is 0 Å². The highest BCUT2D eigenvalue weighted by Crippen LogP contribution is 2.42. The number of benzene rings is 2. The van der Waals surface area contributed by atoms with Crippen molar-refractivity contribution >= 4 is 18.6 Å². The third kappa shape index (κ3) is 2.89. The molecule has 1 atom stereocenters. The molecule has 0 saturated heterocycles. The summed E-state index contributed by atoms with van der Waals surface area (Å²) in [5, 5.41) is -3.72. The number of hydrogen-bond acceptors (Lipinski definition) is 0. The minimum Gasteiger partial charge on any atom is -0.203 e. The molecule has 2 aromatic carbocycles. The Labute approximate surface area is 141 Å². The Morgan fingerprint density at radius 3 is 1.56 bits per heavy atom. The van der Waals surface area contributed by atoms with E-state index in [2.05, 4.69) is 0 Å². The molecule has 2 aromatic rings. The Bertz CT molecular complexity index is 826. The molecular weight excluding hydrogens is 348 g/mol. The van der Waals surface area contributed by atoms with E-state index in [0.29, 0.717) is 12.8 Å². The van der Waals surface area contributed by atoms with Crippen LogP contribution < -0.4 is 0 Å². The first-order valence-electron chi connectivity index (χ1n) is 7.94. The summed E-state index contributed by atoms with van der Waals surface area (Å²) in [6.07, 6.45) is 1.64. The number of halogens is 7. The minimum absolute atomic E-state index is 0.171. The molecule has 0 heterocycles. The standard InChI is InChI=1S/C17H16BF7/c1-3-5-6-17(18,4-2)9-7-8(11(20)14(23)13(9)22)12(21)16(25)15(24)10(7)19/h3-6,18H2,1-2H3. The maximum atomic E-state index is 14.5. The van der Waals surface area contributed by atoms with Crippen molar-refractivity contribution in [3.05, 3.63) is 46.3 Å². The second kappa shape index (κ2) is 6.88. The van der Waals surface area contributed by atoms with Crippen LogP contribution in [0.25, 0.3) is 10.8 Å². The lowest BCUT2D eigenvalue weighted by Crippen LogP contribution is -2.29. The molecule has 0 spiro atoms.